The van der Waals surface area contributed by atoms with Gasteiger partial charge in [0.05, 0.1) is 13.7 Å². The number of ketones is 1. The van der Waals surface area contributed by atoms with Crippen molar-refractivity contribution in [2.24, 2.45) is 0 Å². The highest BCUT2D eigenvalue weighted by molar-refractivity contribution is 6.09. The molecule has 0 radical (unpaired) electrons. The quantitative estimate of drug-likeness (QED) is 0.837. The number of ether oxygens (including phenoxy) is 1. The van der Waals surface area contributed by atoms with E-state index >= 15 is 0 Å². The topological polar surface area (TPSA) is 46.5 Å². The van der Waals surface area contributed by atoms with Gasteiger partial charge in [0.1, 0.15) is 5.75 Å². The van der Waals surface area contributed by atoms with Crippen molar-refractivity contribution < 1.29 is 14.6 Å². The first-order valence-corrected chi connectivity index (χ1v) is 5.63. The Morgan fingerprint density at radius 3 is 2.50 bits per heavy atom. The van der Waals surface area contributed by atoms with E-state index in [1.165, 1.54) is 0 Å². The molecule has 0 aromatic heterocycles. The zero-order valence-electron chi connectivity index (χ0n) is 10.1. The van der Waals surface area contributed by atoms with E-state index in [9.17, 15) is 9.90 Å². The Bertz CT molecular complexity index is 547. The van der Waals surface area contributed by atoms with Crippen LogP contribution in [0.4, 0.5) is 0 Å². The summed E-state index contributed by atoms with van der Waals surface area (Å²) in [6.07, 6.45) is 0. The summed E-state index contributed by atoms with van der Waals surface area (Å²) in [6.45, 7) is -0.189. The summed E-state index contributed by atoms with van der Waals surface area (Å²) in [5, 5.41) is 9.33. The maximum absolute atomic E-state index is 12.3. The number of carbonyl (C=O) groups excluding carboxylic acids is 1. The van der Waals surface area contributed by atoms with Crippen LogP contribution in [0.5, 0.6) is 5.75 Å². The van der Waals surface area contributed by atoms with Crippen molar-refractivity contribution in [3.63, 3.8) is 0 Å². The summed E-state index contributed by atoms with van der Waals surface area (Å²) in [4.78, 5) is 12.3. The van der Waals surface area contributed by atoms with E-state index in [0.717, 1.165) is 0 Å². The molecular weight excluding hydrogens is 228 g/mol. The lowest BCUT2D eigenvalue weighted by molar-refractivity contribution is 0.103. The number of aliphatic hydroxyl groups excluding tert-OH is 1. The lowest BCUT2D eigenvalue weighted by Gasteiger charge is -2.08. The molecule has 0 saturated heterocycles. The monoisotopic (exact) mass is 242 g/mol. The first-order chi connectivity index (χ1) is 8.76. The molecule has 0 atom stereocenters. The Morgan fingerprint density at radius 1 is 1.17 bits per heavy atom. The summed E-state index contributed by atoms with van der Waals surface area (Å²) in [5.74, 6) is 0.533. The molecule has 0 bridgehead atoms. The van der Waals surface area contributed by atoms with Gasteiger partial charge in [0.15, 0.2) is 5.78 Å². The van der Waals surface area contributed by atoms with Crippen molar-refractivity contribution in [1.29, 1.82) is 0 Å². The first kappa shape index (κ1) is 12.3. The van der Waals surface area contributed by atoms with E-state index in [-0.39, 0.29) is 12.4 Å². The Morgan fingerprint density at radius 2 is 1.89 bits per heavy atom. The molecular formula is C15H14O3. The molecule has 2 aromatic rings. The van der Waals surface area contributed by atoms with Crippen molar-refractivity contribution in [3.8, 4) is 5.75 Å². The van der Waals surface area contributed by atoms with Gasteiger partial charge in [-0.3, -0.25) is 4.79 Å². The van der Waals surface area contributed by atoms with Crippen LogP contribution in [0.2, 0.25) is 0 Å². The van der Waals surface area contributed by atoms with Crippen molar-refractivity contribution >= 4 is 5.78 Å². The van der Waals surface area contributed by atoms with Gasteiger partial charge in [0.2, 0.25) is 0 Å². The van der Waals surface area contributed by atoms with Crippen LogP contribution in [0, 0.1) is 0 Å². The van der Waals surface area contributed by atoms with Crippen LogP contribution in [0.3, 0.4) is 0 Å². The molecule has 0 amide bonds. The molecule has 92 valence electrons. The van der Waals surface area contributed by atoms with Crippen LogP contribution in [0.25, 0.3) is 0 Å². The van der Waals surface area contributed by atoms with Crippen LogP contribution in [0.15, 0.2) is 48.5 Å². The minimum Gasteiger partial charge on any atom is -0.497 e. The van der Waals surface area contributed by atoms with Gasteiger partial charge >= 0.3 is 0 Å². The highest BCUT2D eigenvalue weighted by atomic mass is 16.5. The van der Waals surface area contributed by atoms with Gasteiger partial charge in [-0.1, -0.05) is 30.3 Å². The average molecular weight is 242 g/mol. The average Bonchev–Trinajstić information content (AvgIpc) is 2.46. The number of carbonyl (C=O) groups is 1. The third-order valence-electron chi connectivity index (χ3n) is 2.76. The molecule has 2 rings (SSSR count). The lowest BCUT2D eigenvalue weighted by Crippen LogP contribution is -2.05. The minimum absolute atomic E-state index is 0.0951. The van der Waals surface area contributed by atoms with Gasteiger partial charge < -0.3 is 9.84 Å². The second-order valence-electron chi connectivity index (χ2n) is 3.88. The van der Waals surface area contributed by atoms with Crippen molar-refractivity contribution in [1.82, 2.24) is 0 Å². The molecule has 0 aliphatic rings. The molecule has 0 heterocycles. The predicted octanol–water partition coefficient (Wildman–Crippen LogP) is 2.42. The largest absolute Gasteiger partial charge is 0.497 e. The van der Waals surface area contributed by atoms with E-state index in [2.05, 4.69) is 0 Å². The van der Waals surface area contributed by atoms with Crippen molar-refractivity contribution in [2.45, 2.75) is 6.61 Å². The molecule has 2 aromatic carbocycles. The number of aliphatic hydroxyl groups is 1. The molecule has 1 N–H and O–H groups in total. The third kappa shape index (κ3) is 2.41. The summed E-state index contributed by atoms with van der Waals surface area (Å²) >= 11 is 0. The summed E-state index contributed by atoms with van der Waals surface area (Å²) in [7, 11) is 1.55. The second-order valence-corrected chi connectivity index (χ2v) is 3.88. The van der Waals surface area contributed by atoms with Crippen LogP contribution in [0.1, 0.15) is 21.5 Å². The summed E-state index contributed by atoms with van der Waals surface area (Å²) < 4.78 is 5.07. The van der Waals surface area contributed by atoms with Crippen LogP contribution in [-0.2, 0) is 6.61 Å². The summed E-state index contributed by atoms with van der Waals surface area (Å²) in [5.41, 5.74) is 1.69. The number of benzene rings is 2. The van der Waals surface area contributed by atoms with Crippen molar-refractivity contribution in [3.05, 3.63) is 65.2 Å². The zero-order chi connectivity index (χ0) is 13.0. The standard InChI is InChI=1S/C15H14O3/c1-18-13-7-8-14(12(9-13)10-16)15(17)11-5-3-2-4-6-11/h2-9,16H,10H2,1H3. The Labute approximate surface area is 106 Å². The van der Waals surface area contributed by atoms with Gasteiger partial charge in [0, 0.05) is 11.1 Å². The Balaban J connectivity index is 2.42. The van der Waals surface area contributed by atoms with Gasteiger partial charge in [-0.25, -0.2) is 0 Å². The van der Waals surface area contributed by atoms with E-state index < -0.39 is 0 Å². The smallest absolute Gasteiger partial charge is 0.193 e. The van der Waals surface area contributed by atoms with Crippen molar-refractivity contribution in [2.75, 3.05) is 7.11 Å². The normalized spacial score (nSPS) is 10.1. The van der Waals surface area contributed by atoms with Crippen LogP contribution in [-0.4, -0.2) is 18.0 Å². The number of hydrogen-bond donors (Lipinski definition) is 1. The van der Waals surface area contributed by atoms with E-state index in [1.54, 1.807) is 37.4 Å². The number of rotatable bonds is 4. The molecule has 3 heteroatoms. The number of hydrogen-bond acceptors (Lipinski definition) is 3. The first-order valence-electron chi connectivity index (χ1n) is 5.63. The highest BCUT2D eigenvalue weighted by Crippen LogP contribution is 2.20. The van der Waals surface area contributed by atoms with E-state index in [0.29, 0.717) is 22.4 Å². The van der Waals surface area contributed by atoms with E-state index in [4.69, 9.17) is 4.74 Å². The minimum atomic E-state index is -0.189. The van der Waals surface area contributed by atoms with E-state index in [1.807, 2.05) is 18.2 Å². The maximum atomic E-state index is 12.3. The van der Waals surface area contributed by atoms with Gasteiger partial charge in [0.25, 0.3) is 0 Å². The fourth-order valence-corrected chi connectivity index (χ4v) is 1.79. The van der Waals surface area contributed by atoms with Gasteiger partial charge in [-0.2, -0.15) is 0 Å². The fraction of sp³-hybridized carbons (Fsp3) is 0.133. The Kier molecular flexibility index (Phi) is 3.75. The zero-order valence-corrected chi connectivity index (χ0v) is 10.1. The molecule has 0 unspecified atom stereocenters. The molecule has 18 heavy (non-hydrogen) atoms. The van der Waals surface area contributed by atoms with Gasteiger partial charge in [-0.15, -0.1) is 0 Å². The molecule has 0 spiro atoms. The predicted molar refractivity (Wildman–Crippen MR) is 68.8 cm³/mol. The van der Waals surface area contributed by atoms with Crippen LogP contribution >= 0.6 is 0 Å². The summed E-state index contributed by atoms with van der Waals surface area (Å²) in [6, 6.07) is 14.1. The Hall–Kier alpha value is -2.13. The molecule has 3 nitrogen and oxygen atoms in total. The molecule has 0 fully saturated rings. The number of methoxy groups -OCH3 is 1. The fourth-order valence-electron chi connectivity index (χ4n) is 1.79. The molecule has 0 aliphatic carbocycles. The van der Waals surface area contributed by atoms with Crippen LogP contribution < -0.4 is 4.74 Å². The second kappa shape index (κ2) is 5.47. The maximum Gasteiger partial charge on any atom is 0.193 e. The third-order valence-corrected chi connectivity index (χ3v) is 2.76. The highest BCUT2D eigenvalue weighted by Gasteiger charge is 2.13. The molecule has 0 aliphatic heterocycles. The SMILES string of the molecule is COc1ccc(C(=O)c2ccccc2)c(CO)c1. The lowest BCUT2D eigenvalue weighted by atomic mass is 9.98. The van der Waals surface area contributed by atoms with Gasteiger partial charge in [-0.05, 0) is 23.8 Å². The molecule has 0 saturated carbocycles.